The van der Waals surface area contributed by atoms with Crippen LogP contribution >= 0.6 is 11.6 Å². The third-order valence-electron chi connectivity index (χ3n) is 5.35. The number of nitrogens with one attached hydrogen (secondary N) is 1. The lowest BCUT2D eigenvalue weighted by atomic mass is 10.1. The van der Waals surface area contributed by atoms with Crippen LogP contribution in [0.5, 0.6) is 0 Å². The predicted octanol–water partition coefficient (Wildman–Crippen LogP) is 1.97. The third-order valence-corrected chi connectivity index (χ3v) is 5.81. The van der Waals surface area contributed by atoms with Crippen molar-refractivity contribution in [1.29, 1.82) is 0 Å². The summed E-state index contributed by atoms with van der Waals surface area (Å²) < 4.78 is 16.4. The lowest BCUT2D eigenvalue weighted by Crippen LogP contribution is -2.59. The van der Waals surface area contributed by atoms with Gasteiger partial charge < -0.3 is 15.1 Å². The fourth-order valence-electron chi connectivity index (χ4n) is 4.19. The van der Waals surface area contributed by atoms with Gasteiger partial charge in [-0.15, -0.1) is 0 Å². The highest BCUT2D eigenvalue weighted by atomic mass is 35.5. The topological polar surface area (TPSA) is 53.4 Å². The van der Waals surface area contributed by atoms with Gasteiger partial charge in [-0.05, 0) is 20.9 Å². The summed E-state index contributed by atoms with van der Waals surface area (Å²) in [4.78, 5) is 21.2. The Hall–Kier alpha value is -1.86. The molecule has 0 bridgehead atoms. The molecule has 8 heteroatoms. The molecule has 0 amide bonds. The molecule has 1 aromatic heterocycles. The minimum Gasteiger partial charge on any atom is -0.380 e. The van der Waals surface area contributed by atoms with Crippen LogP contribution < -0.4 is 15.9 Å². The van der Waals surface area contributed by atoms with E-state index in [1.165, 1.54) is 4.57 Å². The summed E-state index contributed by atoms with van der Waals surface area (Å²) in [6, 6.07) is 0.255. The number of benzene rings is 1. The van der Waals surface area contributed by atoms with Gasteiger partial charge in [0.25, 0.3) is 0 Å². The molecular weight excluding hydrogens is 345 g/mol. The number of nitrogens with zero attached hydrogens (tertiary/aromatic N) is 4. The number of hydrogen-bond acceptors (Lipinski definition) is 5. The maximum Gasteiger partial charge on any atom is 0.349 e. The number of halogens is 2. The second kappa shape index (κ2) is 5.57. The molecule has 0 saturated carbocycles. The first-order chi connectivity index (χ1) is 11.8. The standard InChI is InChI=1S/C17H21ClFN5O/c1-8-6-22(3)7-10-5-20-14-11-15(12(18)9(2)13(14)19)23(4)17(25)21-16(11)24(8)10/h8,10,20H,5-7H2,1-4H3. The number of aromatic nitrogens is 2. The summed E-state index contributed by atoms with van der Waals surface area (Å²) in [7, 11) is 3.69. The second-order valence-corrected chi connectivity index (χ2v) is 7.52. The minimum atomic E-state index is -0.381. The van der Waals surface area contributed by atoms with Gasteiger partial charge in [-0.3, -0.25) is 4.57 Å². The van der Waals surface area contributed by atoms with Crippen molar-refractivity contribution in [2.75, 3.05) is 36.9 Å². The van der Waals surface area contributed by atoms with Crippen molar-refractivity contribution in [2.24, 2.45) is 7.05 Å². The molecule has 2 aliphatic heterocycles. The highest BCUT2D eigenvalue weighted by Gasteiger charge is 2.37. The average molecular weight is 366 g/mol. The van der Waals surface area contributed by atoms with Gasteiger partial charge in [-0.2, -0.15) is 4.98 Å². The van der Waals surface area contributed by atoms with Gasteiger partial charge in [-0.1, -0.05) is 11.6 Å². The molecule has 1 N–H and O–H groups in total. The first-order valence-corrected chi connectivity index (χ1v) is 8.78. The van der Waals surface area contributed by atoms with Crippen molar-refractivity contribution in [3.8, 4) is 0 Å². The van der Waals surface area contributed by atoms with E-state index in [0.29, 0.717) is 34.5 Å². The third kappa shape index (κ3) is 2.25. The first-order valence-electron chi connectivity index (χ1n) is 8.40. The SMILES string of the molecule is Cc1c(F)c2c3c(nc(=O)n(C)c3c1Cl)N1C(C)CN(C)CC1CN2. The monoisotopic (exact) mass is 365 g/mol. The summed E-state index contributed by atoms with van der Waals surface area (Å²) in [6.45, 7) is 5.99. The number of anilines is 2. The molecule has 6 nitrogen and oxygen atoms in total. The second-order valence-electron chi connectivity index (χ2n) is 7.14. The summed E-state index contributed by atoms with van der Waals surface area (Å²) in [5.74, 6) is 0.157. The lowest BCUT2D eigenvalue weighted by Gasteiger charge is -2.44. The fraction of sp³-hybridized carbons (Fsp3) is 0.529. The Balaban J connectivity index is 2.13. The maximum atomic E-state index is 15.0. The molecule has 1 aromatic carbocycles. The zero-order chi connectivity index (χ0) is 18.0. The number of fused-ring (bicyclic) bond motifs is 2. The van der Waals surface area contributed by atoms with E-state index in [1.54, 1.807) is 14.0 Å². The van der Waals surface area contributed by atoms with E-state index in [4.69, 9.17) is 11.6 Å². The van der Waals surface area contributed by atoms with Gasteiger partial charge in [0.15, 0.2) is 5.82 Å². The van der Waals surface area contributed by atoms with Gasteiger partial charge in [0.1, 0.15) is 5.82 Å². The Morgan fingerprint density at radius 1 is 1.32 bits per heavy atom. The number of hydrogen-bond donors (Lipinski definition) is 1. The van der Waals surface area contributed by atoms with E-state index in [9.17, 15) is 9.18 Å². The Morgan fingerprint density at radius 2 is 2.04 bits per heavy atom. The van der Waals surface area contributed by atoms with Crippen molar-refractivity contribution in [2.45, 2.75) is 25.9 Å². The smallest absolute Gasteiger partial charge is 0.349 e. The van der Waals surface area contributed by atoms with E-state index in [-0.39, 0.29) is 28.6 Å². The molecule has 2 unspecified atom stereocenters. The molecule has 0 aliphatic carbocycles. The number of rotatable bonds is 0. The van der Waals surface area contributed by atoms with Crippen LogP contribution in [0.4, 0.5) is 15.9 Å². The van der Waals surface area contributed by atoms with E-state index >= 15 is 0 Å². The number of aryl methyl sites for hydroxylation is 1. The van der Waals surface area contributed by atoms with Crippen molar-refractivity contribution in [1.82, 2.24) is 14.5 Å². The Labute approximate surface area is 150 Å². The first kappa shape index (κ1) is 16.6. The van der Waals surface area contributed by atoms with Gasteiger partial charge in [0, 0.05) is 38.3 Å². The number of piperazine rings is 1. The Bertz CT molecular complexity index is 943. The van der Waals surface area contributed by atoms with Gasteiger partial charge in [0.05, 0.1) is 27.7 Å². The maximum absolute atomic E-state index is 15.0. The van der Waals surface area contributed by atoms with Crippen molar-refractivity contribution < 1.29 is 4.39 Å². The zero-order valence-electron chi connectivity index (χ0n) is 14.7. The van der Waals surface area contributed by atoms with Crippen LogP contribution in [-0.2, 0) is 7.05 Å². The molecule has 0 spiro atoms. The fourth-order valence-corrected chi connectivity index (χ4v) is 4.49. The molecule has 0 radical (unpaired) electrons. The van der Waals surface area contributed by atoms with E-state index in [0.717, 1.165) is 13.1 Å². The molecule has 1 saturated heterocycles. The summed E-state index contributed by atoms with van der Waals surface area (Å²) in [5, 5.41) is 4.11. The molecule has 4 rings (SSSR count). The molecule has 2 aliphatic rings. The van der Waals surface area contributed by atoms with E-state index in [2.05, 4.69) is 34.1 Å². The largest absolute Gasteiger partial charge is 0.380 e. The zero-order valence-corrected chi connectivity index (χ0v) is 15.5. The molecule has 25 heavy (non-hydrogen) atoms. The highest BCUT2D eigenvalue weighted by Crippen LogP contribution is 2.42. The average Bonchev–Trinajstić information content (AvgIpc) is 2.70. The van der Waals surface area contributed by atoms with Crippen LogP contribution in [0, 0.1) is 12.7 Å². The Kier molecular flexibility index (Phi) is 3.70. The highest BCUT2D eigenvalue weighted by molar-refractivity contribution is 6.37. The van der Waals surface area contributed by atoms with Gasteiger partial charge >= 0.3 is 5.69 Å². The van der Waals surface area contributed by atoms with Crippen molar-refractivity contribution in [3.63, 3.8) is 0 Å². The van der Waals surface area contributed by atoms with Crippen LogP contribution in [0.1, 0.15) is 12.5 Å². The predicted molar refractivity (Wildman–Crippen MR) is 98.4 cm³/mol. The molecule has 1 fully saturated rings. The van der Waals surface area contributed by atoms with Crippen molar-refractivity contribution in [3.05, 3.63) is 26.9 Å². The summed E-state index contributed by atoms with van der Waals surface area (Å²) >= 11 is 6.44. The molecule has 3 heterocycles. The summed E-state index contributed by atoms with van der Waals surface area (Å²) in [6.07, 6.45) is 0. The van der Waals surface area contributed by atoms with Crippen molar-refractivity contribution >= 4 is 34.0 Å². The number of likely N-dealkylation sites (N-methyl/N-ethyl adjacent to an activating group) is 1. The lowest BCUT2D eigenvalue weighted by molar-refractivity contribution is 0.236. The molecular formula is C17H21ClFN5O. The van der Waals surface area contributed by atoms with Crippen LogP contribution in [0.2, 0.25) is 5.02 Å². The molecule has 134 valence electrons. The summed E-state index contributed by atoms with van der Waals surface area (Å²) in [5.41, 5.74) is 0.881. The normalized spacial score (nSPS) is 23.4. The van der Waals surface area contributed by atoms with Crippen LogP contribution in [0.15, 0.2) is 4.79 Å². The van der Waals surface area contributed by atoms with Crippen LogP contribution in [0.25, 0.3) is 10.9 Å². The van der Waals surface area contributed by atoms with Crippen LogP contribution in [-0.4, -0.2) is 53.2 Å². The van der Waals surface area contributed by atoms with E-state index < -0.39 is 0 Å². The van der Waals surface area contributed by atoms with Gasteiger partial charge in [-0.25, -0.2) is 9.18 Å². The Morgan fingerprint density at radius 3 is 2.76 bits per heavy atom. The quantitative estimate of drug-likeness (QED) is 0.773. The molecule has 2 atom stereocenters. The molecule has 2 aromatic rings. The van der Waals surface area contributed by atoms with Gasteiger partial charge in [0.2, 0.25) is 0 Å². The van der Waals surface area contributed by atoms with Crippen LogP contribution in [0.3, 0.4) is 0 Å². The minimum absolute atomic E-state index is 0.0995. The van der Waals surface area contributed by atoms with E-state index in [1.807, 2.05) is 0 Å².